The zero-order chi connectivity index (χ0) is 54.5. The van der Waals surface area contributed by atoms with E-state index in [0.717, 1.165) is 0 Å². The highest BCUT2D eigenvalue weighted by molar-refractivity contribution is 7.34. The molecule has 27 heteroatoms. The largest absolute Gasteiger partial charge is 0.574 e. The maximum Gasteiger partial charge on any atom is 0.412 e. The molecule has 2 unspecified atom stereocenters. The maximum atomic E-state index is 13.9. The molecule has 0 aliphatic carbocycles. The molecule has 3 aromatic carbocycles. The number of hydrogen-bond acceptors (Lipinski definition) is 21. The predicted octanol–water partition coefficient (Wildman–Crippen LogP) is 5.93. The highest BCUT2D eigenvalue weighted by Gasteiger charge is 2.58. The number of rotatable bonds is 26. The molecule has 3 heterocycles. The van der Waals surface area contributed by atoms with E-state index < -0.39 is 80.9 Å². The number of nitrogens with one attached hydrogen (secondary N) is 2. The standard InChI is InChI=1S/C48H58N10O15P2/c1-7-31(8-2)25-48(32(9-3)10-4,71-46(62)30(6)54-56-75(66)73-38-21-17-36(18-22-38)68-35-13-11-33(12-14-35)58(63)64)70-45(61)29(5)53-55-74(65)72-37-19-15-34(16-20-37)67-26-40-42(59)43(60)47(27-49,69-40)41-24-23-39-44(50)51-28-52-57(39)41/h11-24,28-32,40,42-43,53-54,59-60H,7-10,25-26H2,1-6H3,(H2,50,51,52)/t29-,30-,40+,42+,43+,47-,48-/m0/s1. The number of aromatic nitrogens is 3. The van der Waals surface area contributed by atoms with E-state index in [0.29, 0.717) is 42.7 Å². The number of anilines is 1. The normalized spacial score (nSPS) is 19.5. The van der Waals surface area contributed by atoms with Crippen LogP contribution in [0.15, 0.2) is 101 Å². The van der Waals surface area contributed by atoms with Crippen LogP contribution < -0.4 is 44.9 Å². The van der Waals surface area contributed by atoms with Crippen molar-refractivity contribution in [3.8, 4) is 34.8 Å². The third-order valence-corrected chi connectivity index (χ3v) is 13.7. The maximum absolute atomic E-state index is 13.9. The number of nitrogens with two attached hydrogens (primary N) is 1. The lowest BCUT2D eigenvalue weighted by Gasteiger charge is -2.41. The van der Waals surface area contributed by atoms with Gasteiger partial charge in [-0.05, 0) is 105 Å². The Kier molecular flexibility index (Phi) is 19.9. The van der Waals surface area contributed by atoms with Crippen LogP contribution in [-0.4, -0.2) is 84.5 Å². The van der Waals surface area contributed by atoms with E-state index in [1.54, 1.807) is 6.07 Å². The van der Waals surface area contributed by atoms with Crippen LogP contribution in [-0.2, 0) is 29.4 Å². The molecule has 6 N–H and O–H groups in total. The Morgan fingerprint density at radius 1 is 0.853 bits per heavy atom. The number of nitriles is 1. The van der Waals surface area contributed by atoms with Gasteiger partial charge in [0.1, 0.15) is 72.2 Å². The summed E-state index contributed by atoms with van der Waals surface area (Å²) in [5, 5.41) is 47.2. The van der Waals surface area contributed by atoms with E-state index in [2.05, 4.69) is 30.6 Å². The van der Waals surface area contributed by atoms with Crippen LogP contribution in [0.2, 0.25) is 0 Å². The number of aliphatic hydroxyl groups is 2. The molecule has 1 aliphatic heterocycles. The molecule has 1 fully saturated rings. The average Bonchev–Trinajstić information content (AvgIpc) is 3.95. The molecule has 75 heavy (non-hydrogen) atoms. The first-order chi connectivity index (χ1) is 35.9. The highest BCUT2D eigenvalue weighted by atomic mass is 31.1. The molecular weight excluding hydrogens is 1020 g/mol. The van der Waals surface area contributed by atoms with Crippen LogP contribution in [0.25, 0.3) is 5.52 Å². The number of non-ortho nitro benzene ring substituents is 1. The molecule has 400 valence electrons. The topological polar surface area (TPSA) is 357 Å². The van der Waals surface area contributed by atoms with Gasteiger partial charge in [0.05, 0.1) is 10.6 Å². The summed E-state index contributed by atoms with van der Waals surface area (Å²) in [5.41, 5.74) is 9.37. The fraction of sp³-hybridized carbons (Fsp3) is 0.438. The van der Waals surface area contributed by atoms with Crippen molar-refractivity contribution < 1.29 is 67.2 Å². The van der Waals surface area contributed by atoms with Crippen molar-refractivity contribution in [1.82, 2.24) is 25.4 Å². The lowest BCUT2D eigenvalue weighted by Crippen LogP contribution is -2.52. The first-order valence-electron chi connectivity index (χ1n) is 23.9. The number of nitrogens with zero attached hydrogens (tertiary/aromatic N) is 7. The van der Waals surface area contributed by atoms with E-state index in [-0.39, 0.29) is 53.4 Å². The minimum atomic E-state index is -2.81. The summed E-state index contributed by atoms with van der Waals surface area (Å²) >= 11 is 0. The second-order valence-corrected chi connectivity index (χ2v) is 19.0. The number of nitrogen functional groups attached to an aromatic ring is 1. The van der Waals surface area contributed by atoms with E-state index in [4.69, 9.17) is 38.5 Å². The van der Waals surface area contributed by atoms with Crippen LogP contribution in [0.4, 0.5) is 11.5 Å². The fourth-order valence-electron chi connectivity index (χ4n) is 8.11. The Bertz CT molecular complexity index is 2850. The predicted molar refractivity (Wildman–Crippen MR) is 266 cm³/mol. The van der Waals surface area contributed by atoms with Crippen molar-refractivity contribution in [1.29, 1.82) is 5.26 Å². The number of ether oxygens (including phenoxy) is 5. The number of aliphatic hydroxyl groups excluding tert-OH is 2. The van der Waals surface area contributed by atoms with Crippen LogP contribution in [0, 0.1) is 33.3 Å². The van der Waals surface area contributed by atoms with Crippen LogP contribution in [0.1, 0.15) is 79.3 Å². The number of esters is 2. The number of nitro groups is 1. The molecule has 9 atom stereocenters. The Hall–Kier alpha value is -6.97. The van der Waals surface area contributed by atoms with Crippen LogP contribution in [0.5, 0.6) is 28.7 Å². The lowest BCUT2D eigenvalue weighted by molar-refractivity contribution is -0.384. The van der Waals surface area contributed by atoms with E-state index in [1.807, 2.05) is 33.8 Å². The number of hydrogen-bond donors (Lipinski definition) is 5. The monoisotopic (exact) mass is 1080 g/mol. The quantitative estimate of drug-likeness (QED) is 0.0141. The van der Waals surface area contributed by atoms with E-state index >= 15 is 0 Å². The summed E-state index contributed by atoms with van der Waals surface area (Å²) in [4.78, 5) is 75.5. The van der Waals surface area contributed by atoms with Crippen molar-refractivity contribution in [2.75, 3.05) is 12.3 Å². The molecule has 0 spiro atoms. The van der Waals surface area contributed by atoms with Gasteiger partial charge < -0.3 is 49.4 Å². The summed E-state index contributed by atoms with van der Waals surface area (Å²) in [7, 11) is -5.55. The van der Waals surface area contributed by atoms with Gasteiger partial charge in [0, 0.05) is 34.2 Å². The first-order valence-corrected chi connectivity index (χ1v) is 26.1. The molecule has 5 aromatic rings. The minimum Gasteiger partial charge on any atom is -0.574 e. The van der Waals surface area contributed by atoms with Gasteiger partial charge in [0.25, 0.3) is 11.5 Å². The second kappa shape index (κ2) is 26.0. The summed E-state index contributed by atoms with van der Waals surface area (Å²) in [6.07, 6.45) is -0.750. The Morgan fingerprint density at radius 2 is 1.36 bits per heavy atom. The first kappa shape index (κ1) is 57.3. The van der Waals surface area contributed by atoms with Gasteiger partial charge in [-0.1, -0.05) is 40.5 Å². The summed E-state index contributed by atoms with van der Waals surface area (Å²) in [6.45, 7) is 10.3. The van der Waals surface area contributed by atoms with Crippen LogP contribution in [0.3, 0.4) is 0 Å². The van der Waals surface area contributed by atoms with Gasteiger partial charge in [-0.3, -0.25) is 28.8 Å². The van der Waals surface area contributed by atoms with Gasteiger partial charge in [0.15, 0.2) is 17.3 Å². The van der Waals surface area contributed by atoms with Crippen molar-refractivity contribution in [2.45, 2.75) is 115 Å². The second-order valence-electron chi connectivity index (χ2n) is 17.3. The van der Waals surface area contributed by atoms with Crippen molar-refractivity contribution in [2.24, 2.45) is 21.5 Å². The summed E-state index contributed by atoms with van der Waals surface area (Å²) < 4.78 is 41.9. The smallest absolute Gasteiger partial charge is 0.412 e. The molecule has 0 radical (unpaired) electrons. The number of benzene rings is 3. The number of carbonyl (C=O) groups excluding carboxylic acids is 2. The van der Waals surface area contributed by atoms with E-state index in [1.165, 1.54) is 104 Å². The van der Waals surface area contributed by atoms with Gasteiger partial charge in [-0.15, -0.1) is 0 Å². The average molecular weight is 1080 g/mol. The molecular formula is C48H58N10O15P2. The van der Waals surface area contributed by atoms with Crippen molar-refractivity contribution >= 4 is 45.3 Å². The molecule has 25 nitrogen and oxygen atoms in total. The zero-order valence-corrected chi connectivity index (χ0v) is 43.5. The van der Waals surface area contributed by atoms with Gasteiger partial charge >= 0.3 is 28.3 Å². The zero-order valence-electron chi connectivity index (χ0n) is 41.7. The van der Waals surface area contributed by atoms with Gasteiger partial charge in [-0.25, -0.2) is 9.50 Å². The highest BCUT2D eigenvalue weighted by Crippen LogP contribution is 2.42. The van der Waals surface area contributed by atoms with E-state index in [9.17, 15) is 45.0 Å². The summed E-state index contributed by atoms with van der Waals surface area (Å²) in [5.74, 6) is -2.56. The molecule has 0 amide bonds. The SMILES string of the molecule is CCC(CC)C[C@](OC(=O)[C@H](C)N/N=[P+](\[O-])Oc1ccc(OC[C@H]2O[C@@](C#N)(c3ccc4c(N)ncnn34)[C@H](O)[C@@H]2O)cc1)(OC(=O)[C@H](C)N/N=[P+](\[O-])Oc1ccc(Oc2ccc([N+](=O)[O-])cc2)cc1)C(CC)CC. The molecule has 1 saturated heterocycles. The minimum absolute atomic E-state index is 0.0352. The Balaban J connectivity index is 1.03. The van der Waals surface area contributed by atoms with Gasteiger partial charge in [-0.2, -0.15) is 21.2 Å². The van der Waals surface area contributed by atoms with Crippen molar-refractivity contribution in [3.05, 3.63) is 107 Å². The molecule has 2 aromatic heterocycles. The fourth-order valence-corrected chi connectivity index (χ4v) is 9.33. The summed E-state index contributed by atoms with van der Waals surface area (Å²) in [6, 6.07) is 20.0. The number of fused-ring (bicyclic) bond motifs is 1. The molecule has 6 rings (SSSR count). The van der Waals surface area contributed by atoms with Crippen molar-refractivity contribution in [3.63, 3.8) is 0 Å². The number of carbonyl (C=O) groups is 2. The Labute approximate surface area is 433 Å². The molecule has 0 bridgehead atoms. The molecule has 0 saturated carbocycles. The van der Waals surface area contributed by atoms with Crippen LogP contribution >= 0.6 is 16.3 Å². The third-order valence-electron chi connectivity index (χ3n) is 12.5. The van der Waals surface area contributed by atoms with Gasteiger partial charge in [0.2, 0.25) is 5.60 Å². The number of nitro benzene ring substituents is 1. The third kappa shape index (κ3) is 14.1. The Morgan fingerprint density at radius 3 is 1.85 bits per heavy atom. The lowest BCUT2D eigenvalue weighted by atomic mass is 9.83. The molecule has 1 aliphatic rings.